The molecule has 0 fully saturated rings. The molecule has 0 spiro atoms. The van der Waals surface area contributed by atoms with E-state index in [1.807, 2.05) is 0 Å². The van der Waals surface area contributed by atoms with Gasteiger partial charge in [-0.1, -0.05) is 11.6 Å². The summed E-state index contributed by atoms with van der Waals surface area (Å²) in [6.07, 6.45) is -0.620. The topological polar surface area (TPSA) is 55.8 Å². The summed E-state index contributed by atoms with van der Waals surface area (Å²) < 4.78 is 38.7. The quantitative estimate of drug-likeness (QED) is 0.577. The summed E-state index contributed by atoms with van der Waals surface area (Å²) in [6.45, 7) is 7.07. The Kier molecular flexibility index (Phi) is 5.91. The molecule has 0 saturated carbocycles. The molecule has 0 aromatic heterocycles. The van der Waals surface area contributed by atoms with Gasteiger partial charge in [0.2, 0.25) is 0 Å². The third-order valence-corrected chi connectivity index (χ3v) is 3.71. The summed E-state index contributed by atoms with van der Waals surface area (Å²) in [4.78, 5) is 25.6. The lowest BCUT2D eigenvalue weighted by Crippen LogP contribution is -2.60. The maximum atomic E-state index is 14.5. The van der Waals surface area contributed by atoms with Crippen LogP contribution in [0.15, 0.2) is 11.6 Å². The van der Waals surface area contributed by atoms with E-state index < -0.39 is 30.0 Å². The number of hydrogen-bond acceptors (Lipinski definition) is 4. The van der Waals surface area contributed by atoms with Gasteiger partial charge in [0.1, 0.15) is 0 Å². The molecule has 0 N–H and O–H groups in total. The van der Waals surface area contributed by atoms with Gasteiger partial charge in [0.25, 0.3) is 5.60 Å². The number of amides is 1. The summed E-state index contributed by atoms with van der Waals surface area (Å²) in [5.74, 6) is -4.71. The molecule has 0 bridgehead atoms. The maximum absolute atomic E-state index is 14.5. The highest BCUT2D eigenvalue weighted by Crippen LogP contribution is 2.45. The first-order chi connectivity index (χ1) is 10.2. The molecular formula is C15H23F2NO4. The third kappa shape index (κ3) is 3.39. The van der Waals surface area contributed by atoms with Crippen molar-refractivity contribution >= 4 is 12.1 Å². The van der Waals surface area contributed by atoms with Crippen molar-refractivity contribution in [1.29, 1.82) is 0 Å². The van der Waals surface area contributed by atoms with E-state index in [9.17, 15) is 18.4 Å². The molecule has 1 atom stereocenters. The second kappa shape index (κ2) is 7.07. The van der Waals surface area contributed by atoms with E-state index in [0.717, 1.165) is 0 Å². The molecule has 5 nitrogen and oxygen atoms in total. The van der Waals surface area contributed by atoms with Crippen molar-refractivity contribution in [3.8, 4) is 0 Å². The lowest BCUT2D eigenvalue weighted by atomic mass is 9.81. The fourth-order valence-electron chi connectivity index (χ4n) is 2.38. The fraction of sp³-hybridized carbons (Fsp3) is 0.733. The Labute approximate surface area is 129 Å². The van der Waals surface area contributed by atoms with Crippen LogP contribution >= 0.6 is 0 Å². The molecule has 7 heteroatoms. The highest BCUT2D eigenvalue weighted by atomic mass is 19.3. The largest absolute Gasteiger partial charge is 0.463 e. The fourth-order valence-corrected chi connectivity index (χ4v) is 2.38. The van der Waals surface area contributed by atoms with Crippen molar-refractivity contribution in [1.82, 2.24) is 4.90 Å². The standard InChI is InChI=1S/C15H23F2NO4/c1-5-18(6-2)13(20)22-14(12(19)21-7-3)10-11(4)8-9-15(14,16)17/h8H,5-7,9-10H2,1-4H3/t14-/m1/s1. The number of carbonyl (C=O) groups excluding carboxylic acids is 2. The van der Waals surface area contributed by atoms with Gasteiger partial charge < -0.3 is 14.4 Å². The summed E-state index contributed by atoms with van der Waals surface area (Å²) in [5, 5.41) is 0. The molecule has 22 heavy (non-hydrogen) atoms. The highest BCUT2D eigenvalue weighted by molar-refractivity contribution is 5.85. The average molecular weight is 319 g/mol. The molecule has 0 radical (unpaired) electrons. The molecule has 0 aliphatic heterocycles. The Hall–Kier alpha value is -1.66. The number of hydrogen-bond donors (Lipinski definition) is 0. The Morgan fingerprint density at radius 1 is 1.27 bits per heavy atom. The van der Waals surface area contributed by atoms with Crippen LogP contribution in [-0.2, 0) is 14.3 Å². The van der Waals surface area contributed by atoms with E-state index in [4.69, 9.17) is 9.47 Å². The van der Waals surface area contributed by atoms with Crippen molar-refractivity contribution in [2.24, 2.45) is 0 Å². The molecular weight excluding hydrogens is 296 g/mol. The molecule has 1 rings (SSSR count). The zero-order valence-electron chi connectivity index (χ0n) is 13.4. The molecule has 1 amide bonds. The van der Waals surface area contributed by atoms with Gasteiger partial charge in [-0.2, -0.15) is 0 Å². The van der Waals surface area contributed by atoms with Crippen LogP contribution in [0.1, 0.15) is 40.5 Å². The number of nitrogens with zero attached hydrogens (tertiary/aromatic N) is 1. The maximum Gasteiger partial charge on any atom is 0.411 e. The summed E-state index contributed by atoms with van der Waals surface area (Å²) in [6, 6.07) is 0. The smallest absolute Gasteiger partial charge is 0.411 e. The van der Waals surface area contributed by atoms with Crippen LogP contribution in [0.2, 0.25) is 0 Å². The summed E-state index contributed by atoms with van der Waals surface area (Å²) >= 11 is 0. The second-order valence-electron chi connectivity index (χ2n) is 5.22. The Balaban J connectivity index is 3.20. The lowest BCUT2D eigenvalue weighted by Gasteiger charge is -2.40. The van der Waals surface area contributed by atoms with Gasteiger partial charge in [-0.05, 0) is 27.7 Å². The lowest BCUT2D eigenvalue weighted by molar-refractivity contribution is -0.214. The summed E-state index contributed by atoms with van der Waals surface area (Å²) in [5.41, 5.74) is -2.03. The van der Waals surface area contributed by atoms with Gasteiger partial charge in [-0.25, -0.2) is 18.4 Å². The minimum atomic E-state index is -3.51. The molecule has 0 aromatic rings. The van der Waals surface area contributed by atoms with E-state index in [0.29, 0.717) is 18.7 Å². The van der Waals surface area contributed by atoms with Crippen LogP contribution in [0.3, 0.4) is 0 Å². The van der Waals surface area contributed by atoms with Crippen molar-refractivity contribution in [3.63, 3.8) is 0 Å². The first-order valence-corrected chi connectivity index (χ1v) is 7.42. The molecule has 0 aromatic carbocycles. The normalized spacial score (nSPS) is 23.5. The van der Waals surface area contributed by atoms with Crippen molar-refractivity contribution in [2.75, 3.05) is 19.7 Å². The number of rotatable bonds is 5. The van der Waals surface area contributed by atoms with Crippen molar-refractivity contribution in [2.45, 2.75) is 52.1 Å². The monoisotopic (exact) mass is 319 g/mol. The van der Waals surface area contributed by atoms with Crippen LogP contribution in [-0.4, -0.2) is 48.2 Å². The molecule has 0 unspecified atom stereocenters. The van der Waals surface area contributed by atoms with E-state index in [2.05, 4.69) is 0 Å². The Morgan fingerprint density at radius 3 is 2.36 bits per heavy atom. The van der Waals surface area contributed by atoms with Gasteiger partial charge in [-0.15, -0.1) is 0 Å². The van der Waals surface area contributed by atoms with Crippen molar-refractivity contribution in [3.05, 3.63) is 11.6 Å². The first-order valence-electron chi connectivity index (χ1n) is 7.42. The van der Waals surface area contributed by atoms with Crippen molar-refractivity contribution < 1.29 is 27.8 Å². The Bertz CT molecular complexity index is 460. The predicted octanol–water partition coefficient (Wildman–Crippen LogP) is 3.14. The van der Waals surface area contributed by atoms with Gasteiger partial charge in [-0.3, -0.25) is 0 Å². The number of esters is 1. The Morgan fingerprint density at radius 2 is 1.86 bits per heavy atom. The third-order valence-electron chi connectivity index (χ3n) is 3.71. The zero-order valence-corrected chi connectivity index (χ0v) is 13.4. The van der Waals surface area contributed by atoms with Crippen LogP contribution in [0.5, 0.6) is 0 Å². The number of halogens is 2. The predicted molar refractivity (Wildman–Crippen MR) is 76.7 cm³/mol. The zero-order chi connectivity index (χ0) is 17.0. The van der Waals surface area contributed by atoms with Crippen LogP contribution < -0.4 is 0 Å². The molecule has 1 aliphatic carbocycles. The molecule has 0 heterocycles. The van der Waals surface area contributed by atoms with Crippen LogP contribution in [0.4, 0.5) is 13.6 Å². The minimum Gasteiger partial charge on any atom is -0.463 e. The van der Waals surface area contributed by atoms with Gasteiger partial charge >= 0.3 is 18.0 Å². The van der Waals surface area contributed by atoms with E-state index >= 15 is 0 Å². The number of allylic oxidation sites excluding steroid dienone is 1. The summed E-state index contributed by atoms with van der Waals surface area (Å²) in [7, 11) is 0. The van der Waals surface area contributed by atoms with Crippen LogP contribution in [0, 0.1) is 0 Å². The molecule has 1 aliphatic rings. The van der Waals surface area contributed by atoms with E-state index in [1.165, 1.54) is 17.9 Å². The first kappa shape index (κ1) is 18.4. The van der Waals surface area contributed by atoms with E-state index in [-0.39, 0.29) is 13.0 Å². The van der Waals surface area contributed by atoms with Gasteiger partial charge in [0.15, 0.2) is 0 Å². The SMILES string of the molecule is CCOC(=O)[C@]1(OC(=O)N(CC)CC)CC(C)=CCC1(F)F. The van der Waals surface area contributed by atoms with Gasteiger partial charge in [0.05, 0.1) is 6.61 Å². The molecule has 0 saturated heterocycles. The highest BCUT2D eigenvalue weighted by Gasteiger charge is 2.64. The average Bonchev–Trinajstić information content (AvgIpc) is 2.44. The van der Waals surface area contributed by atoms with E-state index in [1.54, 1.807) is 20.8 Å². The number of alkyl halides is 2. The van der Waals surface area contributed by atoms with Gasteiger partial charge in [0, 0.05) is 25.9 Å². The molecule has 126 valence electrons. The minimum absolute atomic E-state index is 0.0672. The number of ether oxygens (including phenoxy) is 2. The number of carbonyl (C=O) groups is 2. The van der Waals surface area contributed by atoms with Crippen LogP contribution in [0.25, 0.3) is 0 Å². The second-order valence-corrected chi connectivity index (χ2v) is 5.22.